The van der Waals surface area contributed by atoms with Gasteiger partial charge in [0.2, 0.25) is 0 Å². The van der Waals surface area contributed by atoms with Gasteiger partial charge in [0, 0.05) is 26.0 Å². The van der Waals surface area contributed by atoms with E-state index in [1.807, 2.05) is 37.3 Å². The van der Waals surface area contributed by atoms with Crippen LogP contribution in [0.25, 0.3) is 0 Å². The van der Waals surface area contributed by atoms with E-state index < -0.39 is 0 Å². The van der Waals surface area contributed by atoms with Crippen LogP contribution in [0, 0.1) is 18.3 Å². The van der Waals surface area contributed by atoms with Crippen molar-refractivity contribution in [3.63, 3.8) is 0 Å². The molecule has 1 aromatic heterocycles. The number of nitrogens with zero attached hydrogens (tertiary/aromatic N) is 3. The minimum atomic E-state index is -0.143. The van der Waals surface area contributed by atoms with Gasteiger partial charge < -0.3 is 4.90 Å². The molecular weight excluding hydrogens is 250 g/mol. The maximum Gasteiger partial charge on any atom is 0.255 e. The van der Waals surface area contributed by atoms with E-state index in [0.717, 1.165) is 5.56 Å². The lowest BCUT2D eigenvalue weighted by Gasteiger charge is -2.17. The van der Waals surface area contributed by atoms with Gasteiger partial charge in [-0.2, -0.15) is 5.26 Å². The summed E-state index contributed by atoms with van der Waals surface area (Å²) in [7, 11) is 1.74. The summed E-state index contributed by atoms with van der Waals surface area (Å²) in [5.74, 6) is -0.143. The Bertz CT molecular complexity index is 656. The second-order valence-corrected chi connectivity index (χ2v) is 4.72. The normalized spacial score (nSPS) is 9.85. The number of hydrogen-bond donors (Lipinski definition) is 0. The quantitative estimate of drug-likeness (QED) is 0.857. The highest BCUT2D eigenvalue weighted by atomic mass is 16.2. The van der Waals surface area contributed by atoms with E-state index in [4.69, 9.17) is 5.26 Å². The molecule has 0 unspecified atom stereocenters. The van der Waals surface area contributed by atoms with Crippen LogP contribution in [0.3, 0.4) is 0 Å². The van der Waals surface area contributed by atoms with Gasteiger partial charge in [-0.25, -0.2) is 0 Å². The van der Waals surface area contributed by atoms with Crippen LogP contribution < -0.4 is 0 Å². The predicted octanol–water partition coefficient (Wildman–Crippen LogP) is 2.53. The van der Waals surface area contributed by atoms with E-state index in [0.29, 0.717) is 17.7 Å². The molecule has 0 atom stereocenters. The molecule has 4 nitrogen and oxygen atoms in total. The summed E-state index contributed by atoms with van der Waals surface area (Å²) in [6.07, 6.45) is 2.92. The average Bonchev–Trinajstić information content (AvgIpc) is 2.48. The third-order valence-corrected chi connectivity index (χ3v) is 3.00. The number of carbonyl (C=O) groups excluding carboxylic acids is 1. The summed E-state index contributed by atoms with van der Waals surface area (Å²) in [5.41, 5.74) is 3.07. The van der Waals surface area contributed by atoms with Crippen molar-refractivity contribution >= 4 is 5.91 Å². The van der Waals surface area contributed by atoms with E-state index in [9.17, 15) is 4.79 Å². The van der Waals surface area contributed by atoms with Crippen LogP contribution in [0.1, 0.15) is 27.0 Å². The topological polar surface area (TPSA) is 57.0 Å². The van der Waals surface area contributed by atoms with Crippen LogP contribution >= 0.6 is 0 Å². The maximum absolute atomic E-state index is 12.3. The van der Waals surface area contributed by atoms with Crippen molar-refractivity contribution in [3.05, 3.63) is 65.0 Å². The molecular formula is C16H15N3O. The highest BCUT2D eigenvalue weighted by Crippen LogP contribution is 2.10. The number of aromatic nitrogens is 1. The third-order valence-electron chi connectivity index (χ3n) is 3.00. The zero-order valence-corrected chi connectivity index (χ0v) is 11.5. The van der Waals surface area contributed by atoms with Gasteiger partial charge in [-0.15, -0.1) is 0 Å². The van der Waals surface area contributed by atoms with Crippen LogP contribution in [-0.4, -0.2) is 22.8 Å². The zero-order chi connectivity index (χ0) is 14.5. The smallest absolute Gasteiger partial charge is 0.255 e. The fraction of sp³-hybridized carbons (Fsp3) is 0.188. The molecule has 0 radical (unpaired) electrons. The molecule has 0 bridgehead atoms. The monoisotopic (exact) mass is 265 g/mol. The highest BCUT2D eigenvalue weighted by molar-refractivity contribution is 5.94. The predicted molar refractivity (Wildman–Crippen MR) is 75.9 cm³/mol. The summed E-state index contributed by atoms with van der Waals surface area (Å²) < 4.78 is 0. The lowest BCUT2D eigenvalue weighted by molar-refractivity contribution is 0.0784. The number of pyridine rings is 1. The molecule has 2 rings (SSSR count). The second kappa shape index (κ2) is 5.98. The number of amides is 1. The van der Waals surface area contributed by atoms with E-state index in [1.54, 1.807) is 18.0 Å². The fourth-order valence-corrected chi connectivity index (χ4v) is 1.88. The molecule has 0 N–H and O–H groups in total. The number of benzene rings is 1. The number of hydrogen-bond acceptors (Lipinski definition) is 3. The Morgan fingerprint density at radius 1 is 1.30 bits per heavy atom. The molecule has 1 aromatic carbocycles. The van der Waals surface area contributed by atoms with Crippen molar-refractivity contribution < 1.29 is 4.79 Å². The number of nitriles is 1. The van der Waals surface area contributed by atoms with Gasteiger partial charge in [-0.3, -0.25) is 9.78 Å². The van der Waals surface area contributed by atoms with Gasteiger partial charge in [-0.1, -0.05) is 29.8 Å². The van der Waals surface area contributed by atoms with Crippen molar-refractivity contribution in [2.45, 2.75) is 13.5 Å². The van der Waals surface area contributed by atoms with E-state index >= 15 is 0 Å². The molecule has 0 saturated heterocycles. The average molecular weight is 265 g/mol. The summed E-state index contributed by atoms with van der Waals surface area (Å²) >= 11 is 0. The van der Waals surface area contributed by atoms with E-state index in [1.165, 1.54) is 18.0 Å². The Morgan fingerprint density at radius 3 is 2.65 bits per heavy atom. The van der Waals surface area contributed by atoms with Crippen LogP contribution in [0.4, 0.5) is 0 Å². The largest absolute Gasteiger partial charge is 0.337 e. The number of carbonyl (C=O) groups is 1. The minimum absolute atomic E-state index is 0.143. The van der Waals surface area contributed by atoms with Crippen molar-refractivity contribution in [3.8, 4) is 6.07 Å². The second-order valence-electron chi connectivity index (χ2n) is 4.72. The molecule has 0 saturated carbocycles. The van der Waals surface area contributed by atoms with Gasteiger partial charge in [0.25, 0.3) is 5.91 Å². The Kier molecular flexibility index (Phi) is 4.11. The third kappa shape index (κ3) is 3.21. The Morgan fingerprint density at radius 2 is 2.00 bits per heavy atom. The number of rotatable bonds is 3. The van der Waals surface area contributed by atoms with Gasteiger partial charge in [0.15, 0.2) is 0 Å². The first-order chi connectivity index (χ1) is 9.60. The van der Waals surface area contributed by atoms with Gasteiger partial charge in [0.05, 0.1) is 11.1 Å². The molecule has 100 valence electrons. The first-order valence-electron chi connectivity index (χ1n) is 6.26. The Hall–Kier alpha value is -2.67. The fourth-order valence-electron chi connectivity index (χ4n) is 1.88. The zero-order valence-electron chi connectivity index (χ0n) is 11.5. The van der Waals surface area contributed by atoms with Crippen LogP contribution in [-0.2, 0) is 6.54 Å². The van der Waals surface area contributed by atoms with Crippen LogP contribution in [0.15, 0.2) is 42.7 Å². The summed E-state index contributed by atoms with van der Waals surface area (Å²) in [6, 6.07) is 11.6. The molecule has 0 aliphatic carbocycles. The molecule has 0 aliphatic heterocycles. The SMILES string of the molecule is Cc1ccc(CN(C)C(=O)c2cncc(C#N)c2)cc1. The molecule has 4 heteroatoms. The van der Waals surface area contributed by atoms with Gasteiger partial charge >= 0.3 is 0 Å². The Balaban J connectivity index is 2.12. The van der Waals surface area contributed by atoms with Crippen molar-refractivity contribution in [1.29, 1.82) is 5.26 Å². The molecule has 20 heavy (non-hydrogen) atoms. The lowest BCUT2D eigenvalue weighted by Crippen LogP contribution is -2.26. The van der Waals surface area contributed by atoms with Crippen molar-refractivity contribution in [1.82, 2.24) is 9.88 Å². The van der Waals surface area contributed by atoms with E-state index in [-0.39, 0.29) is 5.91 Å². The van der Waals surface area contributed by atoms with Crippen molar-refractivity contribution in [2.24, 2.45) is 0 Å². The molecule has 0 spiro atoms. The molecule has 2 aromatic rings. The molecule has 0 aliphatic rings. The first-order valence-corrected chi connectivity index (χ1v) is 6.26. The molecule has 0 fully saturated rings. The Labute approximate surface area is 118 Å². The first kappa shape index (κ1) is 13.8. The standard InChI is InChI=1S/C16H15N3O/c1-12-3-5-13(6-4-12)11-19(2)16(20)15-7-14(8-17)9-18-10-15/h3-7,9-10H,11H2,1-2H3. The summed E-state index contributed by atoms with van der Waals surface area (Å²) in [6.45, 7) is 2.55. The maximum atomic E-state index is 12.3. The van der Waals surface area contributed by atoms with E-state index in [2.05, 4.69) is 4.98 Å². The summed E-state index contributed by atoms with van der Waals surface area (Å²) in [4.78, 5) is 17.8. The van der Waals surface area contributed by atoms with Gasteiger partial charge in [0.1, 0.15) is 6.07 Å². The lowest BCUT2D eigenvalue weighted by atomic mass is 10.1. The minimum Gasteiger partial charge on any atom is -0.337 e. The number of aryl methyl sites for hydroxylation is 1. The molecule has 1 amide bonds. The molecule has 1 heterocycles. The highest BCUT2D eigenvalue weighted by Gasteiger charge is 2.13. The van der Waals surface area contributed by atoms with Gasteiger partial charge in [-0.05, 0) is 18.6 Å². The van der Waals surface area contributed by atoms with Crippen LogP contribution in [0.5, 0.6) is 0 Å². The van der Waals surface area contributed by atoms with Crippen LogP contribution in [0.2, 0.25) is 0 Å². The summed E-state index contributed by atoms with van der Waals surface area (Å²) in [5, 5.41) is 8.83. The van der Waals surface area contributed by atoms with Crippen molar-refractivity contribution in [2.75, 3.05) is 7.05 Å².